The van der Waals surface area contributed by atoms with Crippen molar-refractivity contribution in [3.63, 3.8) is 0 Å². The molecule has 1 fully saturated rings. The van der Waals surface area contributed by atoms with Crippen LogP contribution in [0, 0.1) is 0 Å². The molecule has 4 heteroatoms. The van der Waals surface area contributed by atoms with Crippen molar-refractivity contribution >= 4 is 11.5 Å². The van der Waals surface area contributed by atoms with E-state index >= 15 is 0 Å². The molecule has 0 saturated carbocycles. The fourth-order valence-electron chi connectivity index (χ4n) is 2.57. The predicted molar refractivity (Wildman–Crippen MR) is 86.0 cm³/mol. The van der Waals surface area contributed by atoms with Crippen molar-refractivity contribution in [1.29, 1.82) is 0 Å². The first kappa shape index (κ1) is 13.7. The van der Waals surface area contributed by atoms with Crippen molar-refractivity contribution in [3.8, 4) is 5.75 Å². The average Bonchev–Trinajstić information content (AvgIpc) is 3.08. The lowest BCUT2D eigenvalue weighted by Crippen LogP contribution is -2.18. The Labute approximate surface area is 125 Å². The Bertz CT molecular complexity index is 560. The van der Waals surface area contributed by atoms with Gasteiger partial charge in [0, 0.05) is 19.6 Å². The summed E-state index contributed by atoms with van der Waals surface area (Å²) in [5, 5.41) is 3.39. The largest absolute Gasteiger partial charge is 0.497 e. The van der Waals surface area contributed by atoms with Crippen molar-refractivity contribution < 1.29 is 4.74 Å². The molecule has 21 heavy (non-hydrogen) atoms. The summed E-state index contributed by atoms with van der Waals surface area (Å²) in [7, 11) is 1.68. The van der Waals surface area contributed by atoms with Gasteiger partial charge in [0.25, 0.3) is 0 Å². The van der Waals surface area contributed by atoms with E-state index in [0.717, 1.165) is 36.9 Å². The normalized spacial score (nSPS) is 14.2. The number of pyridine rings is 1. The third-order valence-electron chi connectivity index (χ3n) is 3.83. The van der Waals surface area contributed by atoms with E-state index in [9.17, 15) is 0 Å². The van der Waals surface area contributed by atoms with Crippen molar-refractivity contribution in [3.05, 3.63) is 48.2 Å². The Morgan fingerprint density at radius 2 is 1.86 bits per heavy atom. The second-order valence-electron chi connectivity index (χ2n) is 5.30. The van der Waals surface area contributed by atoms with Gasteiger partial charge in [0.1, 0.15) is 11.6 Å². The third kappa shape index (κ3) is 3.45. The quantitative estimate of drug-likeness (QED) is 0.913. The molecule has 1 aromatic carbocycles. The Hall–Kier alpha value is -2.23. The zero-order valence-corrected chi connectivity index (χ0v) is 12.4. The first-order valence-corrected chi connectivity index (χ1v) is 7.43. The van der Waals surface area contributed by atoms with Crippen LogP contribution < -0.4 is 15.0 Å². The molecule has 0 amide bonds. The second kappa shape index (κ2) is 6.48. The first-order valence-electron chi connectivity index (χ1n) is 7.43. The van der Waals surface area contributed by atoms with Crippen LogP contribution in [0.3, 0.4) is 0 Å². The number of rotatable bonds is 5. The summed E-state index contributed by atoms with van der Waals surface area (Å²) < 4.78 is 5.16. The van der Waals surface area contributed by atoms with Crippen LogP contribution in [0.2, 0.25) is 0 Å². The van der Waals surface area contributed by atoms with Crippen LogP contribution in [0.1, 0.15) is 18.4 Å². The van der Waals surface area contributed by atoms with Gasteiger partial charge >= 0.3 is 0 Å². The molecule has 1 N–H and O–H groups in total. The number of nitrogens with one attached hydrogen (secondary N) is 1. The molecular weight excluding hydrogens is 262 g/mol. The highest BCUT2D eigenvalue weighted by atomic mass is 16.5. The smallest absolute Gasteiger partial charge is 0.128 e. The van der Waals surface area contributed by atoms with Crippen LogP contribution in [-0.2, 0) is 6.54 Å². The fraction of sp³-hybridized carbons (Fsp3) is 0.353. The molecule has 0 aliphatic carbocycles. The Morgan fingerprint density at radius 3 is 2.48 bits per heavy atom. The number of nitrogens with zero attached hydrogens (tertiary/aromatic N) is 2. The number of methoxy groups -OCH3 is 1. The first-order chi connectivity index (χ1) is 10.3. The molecule has 0 radical (unpaired) electrons. The van der Waals surface area contributed by atoms with Crippen molar-refractivity contribution in [1.82, 2.24) is 4.98 Å². The highest BCUT2D eigenvalue weighted by molar-refractivity contribution is 5.49. The van der Waals surface area contributed by atoms with Crippen LogP contribution in [-0.4, -0.2) is 25.2 Å². The van der Waals surface area contributed by atoms with Crippen LogP contribution in [0.15, 0.2) is 42.6 Å². The van der Waals surface area contributed by atoms with Gasteiger partial charge in [0.2, 0.25) is 0 Å². The molecule has 2 heterocycles. The number of ether oxygens (including phenoxy) is 1. The Kier molecular flexibility index (Phi) is 4.24. The van der Waals surface area contributed by atoms with Crippen LogP contribution in [0.4, 0.5) is 11.5 Å². The summed E-state index contributed by atoms with van der Waals surface area (Å²) in [6.45, 7) is 3.05. The maximum Gasteiger partial charge on any atom is 0.128 e. The van der Waals surface area contributed by atoms with E-state index in [0.29, 0.717) is 0 Å². The average molecular weight is 283 g/mol. The zero-order valence-electron chi connectivity index (χ0n) is 12.4. The maximum atomic E-state index is 5.16. The number of aromatic nitrogens is 1. The van der Waals surface area contributed by atoms with E-state index in [1.165, 1.54) is 18.4 Å². The third-order valence-corrected chi connectivity index (χ3v) is 3.83. The topological polar surface area (TPSA) is 37.4 Å². The molecule has 2 aromatic rings. The van der Waals surface area contributed by atoms with Crippen molar-refractivity contribution in [2.45, 2.75) is 19.4 Å². The molecule has 0 bridgehead atoms. The van der Waals surface area contributed by atoms with Gasteiger partial charge in [0.15, 0.2) is 0 Å². The van der Waals surface area contributed by atoms with E-state index < -0.39 is 0 Å². The highest BCUT2D eigenvalue weighted by Crippen LogP contribution is 2.19. The molecule has 1 aliphatic rings. The summed E-state index contributed by atoms with van der Waals surface area (Å²) >= 11 is 0. The molecule has 4 nitrogen and oxygen atoms in total. The van der Waals surface area contributed by atoms with E-state index in [2.05, 4.69) is 39.5 Å². The Balaban J connectivity index is 1.57. The molecule has 0 unspecified atom stereocenters. The van der Waals surface area contributed by atoms with Crippen LogP contribution >= 0.6 is 0 Å². The summed E-state index contributed by atoms with van der Waals surface area (Å²) in [5.74, 6) is 1.97. The molecule has 1 aromatic heterocycles. The van der Waals surface area contributed by atoms with Crippen molar-refractivity contribution in [2.24, 2.45) is 0 Å². The minimum absolute atomic E-state index is 0.786. The molecule has 0 atom stereocenters. The standard InChI is InChI=1S/C17H21N3O/c1-21-16-7-4-14(5-8-16)12-18-15-6-9-17(19-13-15)20-10-2-3-11-20/h4-9,13,18H,2-3,10-12H2,1H3. The van der Waals surface area contributed by atoms with E-state index in [1.54, 1.807) is 7.11 Å². The molecule has 3 rings (SSSR count). The van der Waals surface area contributed by atoms with Gasteiger partial charge in [-0.3, -0.25) is 0 Å². The van der Waals surface area contributed by atoms with Gasteiger partial charge < -0.3 is 15.0 Å². The second-order valence-corrected chi connectivity index (χ2v) is 5.30. The predicted octanol–water partition coefficient (Wildman–Crippen LogP) is 3.30. The van der Waals surface area contributed by atoms with E-state index in [-0.39, 0.29) is 0 Å². The molecule has 1 aliphatic heterocycles. The van der Waals surface area contributed by atoms with E-state index in [1.807, 2.05) is 18.3 Å². The van der Waals surface area contributed by atoms with Gasteiger partial charge in [-0.1, -0.05) is 12.1 Å². The summed E-state index contributed by atoms with van der Waals surface area (Å²) in [4.78, 5) is 6.88. The summed E-state index contributed by atoms with van der Waals surface area (Å²) in [6.07, 6.45) is 4.47. The monoisotopic (exact) mass is 283 g/mol. The molecule has 0 spiro atoms. The van der Waals surface area contributed by atoms with Gasteiger partial charge in [-0.25, -0.2) is 4.98 Å². The lowest BCUT2D eigenvalue weighted by molar-refractivity contribution is 0.414. The minimum atomic E-state index is 0.786. The number of hydrogen-bond acceptors (Lipinski definition) is 4. The number of hydrogen-bond donors (Lipinski definition) is 1. The SMILES string of the molecule is COc1ccc(CNc2ccc(N3CCCC3)nc2)cc1. The number of benzene rings is 1. The lowest BCUT2D eigenvalue weighted by Gasteiger charge is -2.16. The van der Waals surface area contributed by atoms with Crippen molar-refractivity contribution in [2.75, 3.05) is 30.4 Å². The van der Waals surface area contributed by atoms with Gasteiger partial charge in [0.05, 0.1) is 19.0 Å². The van der Waals surface area contributed by atoms with Crippen LogP contribution in [0.5, 0.6) is 5.75 Å². The molecule has 110 valence electrons. The maximum absolute atomic E-state index is 5.16. The molecule has 1 saturated heterocycles. The summed E-state index contributed by atoms with van der Waals surface area (Å²) in [6, 6.07) is 12.3. The van der Waals surface area contributed by atoms with Gasteiger partial charge in [-0.15, -0.1) is 0 Å². The fourth-order valence-corrected chi connectivity index (χ4v) is 2.57. The van der Waals surface area contributed by atoms with Gasteiger partial charge in [-0.05, 0) is 42.7 Å². The van der Waals surface area contributed by atoms with E-state index in [4.69, 9.17) is 4.74 Å². The zero-order chi connectivity index (χ0) is 14.5. The lowest BCUT2D eigenvalue weighted by atomic mass is 10.2. The highest BCUT2D eigenvalue weighted by Gasteiger charge is 2.12. The minimum Gasteiger partial charge on any atom is -0.497 e. The van der Waals surface area contributed by atoms with Crippen LogP contribution in [0.25, 0.3) is 0 Å². The molecular formula is C17H21N3O. The van der Waals surface area contributed by atoms with Gasteiger partial charge in [-0.2, -0.15) is 0 Å². The summed E-state index contributed by atoms with van der Waals surface area (Å²) in [5.41, 5.74) is 2.27. The Morgan fingerprint density at radius 1 is 1.10 bits per heavy atom. The number of anilines is 2.